The van der Waals surface area contributed by atoms with Crippen molar-refractivity contribution in [2.75, 3.05) is 0 Å². The number of benzene rings is 1. The highest BCUT2D eigenvalue weighted by Crippen LogP contribution is 2.21. The minimum Gasteiger partial charge on any atom is -0.256 e. The van der Waals surface area contributed by atoms with E-state index < -0.39 is 0 Å². The lowest BCUT2D eigenvalue weighted by Crippen LogP contribution is -1.97. The summed E-state index contributed by atoms with van der Waals surface area (Å²) in [4.78, 5) is 7.42. The minimum absolute atomic E-state index is 1.04. The van der Waals surface area contributed by atoms with Gasteiger partial charge in [-0.15, -0.1) is 0 Å². The van der Waals surface area contributed by atoms with Crippen LogP contribution in [0.4, 0.5) is 0 Å². The molecule has 0 spiro atoms. The molecule has 1 aromatic carbocycles. The van der Waals surface area contributed by atoms with Crippen LogP contribution in [0.5, 0.6) is 0 Å². The van der Waals surface area contributed by atoms with Crippen LogP contribution in [0, 0.1) is 0 Å². The van der Waals surface area contributed by atoms with E-state index in [1.807, 2.05) is 24.7 Å². The summed E-state index contributed by atoms with van der Waals surface area (Å²) in [6.45, 7) is 0. The van der Waals surface area contributed by atoms with E-state index in [-0.39, 0.29) is 0 Å². The Hall–Kier alpha value is -1.96. The van der Waals surface area contributed by atoms with Gasteiger partial charge in [0.1, 0.15) is 0 Å². The molecule has 66 valence electrons. The highest BCUT2D eigenvalue weighted by Gasteiger charge is 2.01. The second-order valence-electron chi connectivity index (χ2n) is 3.28. The van der Waals surface area contributed by atoms with Gasteiger partial charge >= 0.3 is 0 Å². The molecule has 1 N–H and O–H groups in total. The number of rotatable bonds is 0. The first kappa shape index (κ1) is 7.44. The van der Waals surface area contributed by atoms with E-state index in [4.69, 9.17) is 0 Å². The lowest BCUT2D eigenvalue weighted by Gasteiger charge is -1.98. The van der Waals surface area contributed by atoms with Gasteiger partial charge in [-0.25, -0.2) is 4.98 Å². The Kier molecular flexibility index (Phi) is 1.47. The van der Waals surface area contributed by atoms with E-state index in [0.717, 1.165) is 5.52 Å². The van der Waals surface area contributed by atoms with Crippen molar-refractivity contribution in [3.05, 3.63) is 48.9 Å². The summed E-state index contributed by atoms with van der Waals surface area (Å²) in [5.74, 6) is 0. The lowest BCUT2D eigenvalue weighted by molar-refractivity contribution is -0.375. The molecule has 14 heavy (non-hydrogen) atoms. The van der Waals surface area contributed by atoms with Crippen LogP contribution in [-0.4, -0.2) is 4.98 Å². The Morgan fingerprint density at radius 1 is 1.00 bits per heavy atom. The van der Waals surface area contributed by atoms with Gasteiger partial charge in [-0.1, -0.05) is 12.1 Å². The Labute approximate surface area is 81.2 Å². The normalized spacial score (nSPS) is 10.9. The van der Waals surface area contributed by atoms with Crippen LogP contribution < -0.4 is 4.98 Å². The summed E-state index contributed by atoms with van der Waals surface area (Å²) >= 11 is 0. The first-order chi connectivity index (χ1) is 6.95. The van der Waals surface area contributed by atoms with E-state index in [2.05, 4.69) is 34.2 Å². The van der Waals surface area contributed by atoms with E-state index in [1.54, 1.807) is 0 Å². The van der Waals surface area contributed by atoms with Crippen molar-refractivity contribution in [2.45, 2.75) is 0 Å². The molecule has 3 aromatic rings. The predicted octanol–water partition coefficient (Wildman–Crippen LogP) is 2.20. The fraction of sp³-hybridized carbons (Fsp3) is 0. The number of aromatic nitrogens is 2. The van der Waals surface area contributed by atoms with Crippen molar-refractivity contribution in [3.63, 3.8) is 0 Å². The number of hydrogen-bond donors (Lipinski definition) is 0. The molecule has 0 saturated carbocycles. The molecule has 0 radical (unpaired) electrons. The second kappa shape index (κ2) is 2.77. The standard InChI is InChI=1S/C12H8N2/c1-2-10-11-8-13-7-5-9(11)3-4-12(10)14-6-1/h1-8H/p+1. The van der Waals surface area contributed by atoms with Crippen LogP contribution in [0.1, 0.15) is 0 Å². The lowest BCUT2D eigenvalue weighted by atomic mass is 10.1. The zero-order valence-electron chi connectivity index (χ0n) is 7.57. The zero-order chi connectivity index (χ0) is 9.38. The second-order valence-corrected chi connectivity index (χ2v) is 3.28. The molecule has 2 heteroatoms. The smallest absolute Gasteiger partial charge is 0.175 e. The van der Waals surface area contributed by atoms with Crippen LogP contribution in [0.15, 0.2) is 48.9 Å². The fourth-order valence-corrected chi connectivity index (χ4v) is 1.77. The number of aromatic amines is 1. The Morgan fingerprint density at radius 2 is 2.00 bits per heavy atom. The van der Waals surface area contributed by atoms with Crippen LogP contribution in [0.3, 0.4) is 0 Å². The highest BCUT2D eigenvalue weighted by molar-refractivity contribution is 6.05. The van der Waals surface area contributed by atoms with Gasteiger partial charge < -0.3 is 0 Å². The average molecular weight is 181 g/mol. The van der Waals surface area contributed by atoms with Gasteiger partial charge in [0.25, 0.3) is 0 Å². The quantitative estimate of drug-likeness (QED) is 0.488. The van der Waals surface area contributed by atoms with Crippen LogP contribution in [-0.2, 0) is 0 Å². The molecule has 0 amide bonds. The predicted molar refractivity (Wildman–Crippen MR) is 55.8 cm³/mol. The Morgan fingerprint density at radius 3 is 3.00 bits per heavy atom. The molecule has 0 aliphatic heterocycles. The maximum Gasteiger partial charge on any atom is 0.175 e. The van der Waals surface area contributed by atoms with Gasteiger partial charge in [-0.05, 0) is 17.5 Å². The molecule has 2 heterocycles. The largest absolute Gasteiger partial charge is 0.256 e. The maximum atomic E-state index is 4.32. The molecule has 2 nitrogen and oxygen atoms in total. The van der Waals surface area contributed by atoms with Crippen molar-refractivity contribution in [3.8, 4) is 0 Å². The van der Waals surface area contributed by atoms with Crippen molar-refractivity contribution < 1.29 is 4.98 Å². The third-order valence-electron chi connectivity index (χ3n) is 2.45. The van der Waals surface area contributed by atoms with Crippen molar-refractivity contribution in [1.82, 2.24) is 4.98 Å². The van der Waals surface area contributed by atoms with Crippen LogP contribution >= 0.6 is 0 Å². The summed E-state index contributed by atoms with van der Waals surface area (Å²) in [5, 5.41) is 3.66. The third-order valence-corrected chi connectivity index (χ3v) is 2.45. The summed E-state index contributed by atoms with van der Waals surface area (Å²) in [5.41, 5.74) is 1.04. The van der Waals surface area contributed by atoms with Crippen molar-refractivity contribution in [2.24, 2.45) is 0 Å². The summed E-state index contributed by atoms with van der Waals surface area (Å²) in [6.07, 6.45) is 5.77. The van der Waals surface area contributed by atoms with Gasteiger partial charge in [0.15, 0.2) is 12.4 Å². The molecule has 0 bridgehead atoms. The number of pyridine rings is 2. The topological polar surface area (TPSA) is 27.0 Å². The minimum atomic E-state index is 1.04. The Bertz CT molecular complexity index is 547. The van der Waals surface area contributed by atoms with Gasteiger partial charge in [0, 0.05) is 17.6 Å². The average Bonchev–Trinajstić information content (AvgIpc) is 2.29. The molecule has 2 aromatic heterocycles. The third kappa shape index (κ3) is 0.973. The van der Waals surface area contributed by atoms with Gasteiger partial charge in [-0.2, -0.15) is 0 Å². The Balaban J connectivity index is 2.61. The number of H-pyrrole nitrogens is 1. The van der Waals surface area contributed by atoms with E-state index in [1.165, 1.54) is 16.2 Å². The molecular formula is C12H9N2+. The number of nitrogens with zero attached hydrogens (tertiary/aromatic N) is 1. The molecule has 0 fully saturated rings. The fourth-order valence-electron chi connectivity index (χ4n) is 1.77. The summed E-state index contributed by atoms with van der Waals surface area (Å²) < 4.78 is 0. The van der Waals surface area contributed by atoms with Crippen molar-refractivity contribution in [1.29, 1.82) is 0 Å². The molecule has 0 atom stereocenters. The van der Waals surface area contributed by atoms with E-state index in [0.29, 0.717) is 0 Å². The summed E-state index contributed by atoms with van der Waals surface area (Å²) in [7, 11) is 0. The first-order valence-corrected chi connectivity index (χ1v) is 4.59. The summed E-state index contributed by atoms with van der Waals surface area (Å²) in [6, 6.07) is 10.3. The van der Waals surface area contributed by atoms with E-state index >= 15 is 0 Å². The molecule has 0 saturated heterocycles. The van der Waals surface area contributed by atoms with Crippen LogP contribution in [0.25, 0.3) is 21.7 Å². The SMILES string of the molecule is c1cnc2ccc3cc[nH+]cc3c2c1. The highest BCUT2D eigenvalue weighted by atomic mass is 14.6. The number of nitrogens with one attached hydrogen (secondary N) is 1. The molecule has 0 unspecified atom stereocenters. The molecule has 0 aliphatic carbocycles. The van der Waals surface area contributed by atoms with Gasteiger partial charge in [-0.3, -0.25) is 4.98 Å². The molecule has 0 aliphatic rings. The monoisotopic (exact) mass is 181 g/mol. The first-order valence-electron chi connectivity index (χ1n) is 4.59. The number of hydrogen-bond acceptors (Lipinski definition) is 1. The van der Waals surface area contributed by atoms with Crippen molar-refractivity contribution >= 4 is 21.7 Å². The van der Waals surface area contributed by atoms with Crippen LogP contribution in [0.2, 0.25) is 0 Å². The van der Waals surface area contributed by atoms with Gasteiger partial charge in [0.2, 0.25) is 0 Å². The maximum absolute atomic E-state index is 4.32. The van der Waals surface area contributed by atoms with E-state index in [9.17, 15) is 0 Å². The molecule has 3 rings (SSSR count). The van der Waals surface area contributed by atoms with Gasteiger partial charge in [0.05, 0.1) is 10.9 Å². The zero-order valence-corrected chi connectivity index (χ0v) is 7.57. The number of fused-ring (bicyclic) bond motifs is 3. The molecular weight excluding hydrogens is 172 g/mol.